The van der Waals surface area contributed by atoms with E-state index >= 15 is 0 Å². The predicted molar refractivity (Wildman–Crippen MR) is 107 cm³/mol. The number of rotatable bonds is 7. The summed E-state index contributed by atoms with van der Waals surface area (Å²) in [7, 11) is 0. The summed E-state index contributed by atoms with van der Waals surface area (Å²) in [6.07, 6.45) is 1.69. The summed E-state index contributed by atoms with van der Waals surface area (Å²) in [5, 5.41) is 7.22. The molecular formula is C22H22FN3O3. The maximum Gasteiger partial charge on any atom is 0.258 e. The van der Waals surface area contributed by atoms with Crippen molar-refractivity contribution >= 4 is 11.7 Å². The number of aromatic nitrogens is 2. The molecule has 1 heterocycles. The lowest BCUT2D eigenvalue weighted by atomic mass is 10.1. The quantitative estimate of drug-likeness (QED) is 0.618. The van der Waals surface area contributed by atoms with Crippen LogP contribution in [-0.2, 0) is 4.79 Å². The lowest BCUT2D eigenvalue weighted by molar-refractivity contribution is -0.123. The van der Waals surface area contributed by atoms with E-state index in [2.05, 4.69) is 10.4 Å². The first-order valence-electron chi connectivity index (χ1n) is 9.19. The zero-order chi connectivity index (χ0) is 21.0. The van der Waals surface area contributed by atoms with Crippen LogP contribution >= 0.6 is 0 Å². The number of benzene rings is 2. The van der Waals surface area contributed by atoms with Crippen LogP contribution in [0.1, 0.15) is 41.5 Å². The fourth-order valence-electron chi connectivity index (χ4n) is 2.99. The Bertz CT molecular complexity index is 1010. The molecule has 0 spiro atoms. The lowest BCUT2D eigenvalue weighted by Crippen LogP contribution is -2.31. The van der Waals surface area contributed by atoms with Crippen molar-refractivity contribution in [3.63, 3.8) is 0 Å². The molecule has 2 aromatic carbocycles. The van der Waals surface area contributed by atoms with E-state index in [9.17, 15) is 14.0 Å². The summed E-state index contributed by atoms with van der Waals surface area (Å²) in [6, 6.07) is 12.4. The third-order valence-corrected chi connectivity index (χ3v) is 4.59. The van der Waals surface area contributed by atoms with E-state index in [1.807, 2.05) is 13.8 Å². The smallest absolute Gasteiger partial charge is 0.258 e. The van der Waals surface area contributed by atoms with Gasteiger partial charge in [-0.2, -0.15) is 5.10 Å². The van der Waals surface area contributed by atoms with E-state index in [1.54, 1.807) is 47.3 Å². The molecule has 3 rings (SSSR count). The standard InChI is InChI=1S/C22H22FN3O3/c1-14(21-12-24-26(15(21)2)19-8-6-18(23)7-9-19)25-22(28)13-29-20-10-4-17(5-11-20)16(3)27/h4-12,14H,13H2,1-3H3,(H,25,28). The molecule has 1 amide bonds. The first-order valence-corrected chi connectivity index (χ1v) is 9.19. The first-order chi connectivity index (χ1) is 13.8. The van der Waals surface area contributed by atoms with Gasteiger partial charge in [0.25, 0.3) is 5.91 Å². The number of nitrogens with zero attached hydrogens (tertiary/aromatic N) is 2. The van der Waals surface area contributed by atoms with Crippen molar-refractivity contribution in [2.45, 2.75) is 26.8 Å². The summed E-state index contributed by atoms with van der Waals surface area (Å²) in [6.45, 7) is 5.10. The Morgan fingerprint density at radius 1 is 1.14 bits per heavy atom. The Kier molecular flexibility index (Phi) is 6.07. The summed E-state index contributed by atoms with van der Waals surface area (Å²) in [5.41, 5.74) is 3.04. The Hall–Kier alpha value is -3.48. The van der Waals surface area contributed by atoms with Crippen LogP contribution < -0.4 is 10.1 Å². The Morgan fingerprint density at radius 2 is 1.79 bits per heavy atom. The molecule has 1 aromatic heterocycles. The van der Waals surface area contributed by atoms with Gasteiger partial charge in [-0.15, -0.1) is 0 Å². The molecule has 0 saturated carbocycles. The summed E-state index contributed by atoms with van der Waals surface area (Å²) >= 11 is 0. The third kappa shape index (κ3) is 4.87. The highest BCUT2D eigenvalue weighted by molar-refractivity contribution is 5.94. The van der Waals surface area contributed by atoms with Crippen molar-refractivity contribution in [2.75, 3.05) is 6.61 Å². The van der Waals surface area contributed by atoms with Gasteiger partial charge in [-0.1, -0.05) is 0 Å². The van der Waals surface area contributed by atoms with Crippen LogP contribution in [0.4, 0.5) is 4.39 Å². The largest absolute Gasteiger partial charge is 0.484 e. The third-order valence-electron chi connectivity index (χ3n) is 4.59. The van der Waals surface area contributed by atoms with Gasteiger partial charge in [-0.3, -0.25) is 9.59 Å². The van der Waals surface area contributed by atoms with Crippen molar-refractivity contribution in [3.05, 3.63) is 77.4 Å². The molecule has 0 bridgehead atoms. The number of nitrogens with one attached hydrogen (secondary N) is 1. The predicted octanol–water partition coefficient (Wildman–Crippen LogP) is 3.78. The van der Waals surface area contributed by atoms with Crippen molar-refractivity contribution in [1.29, 1.82) is 0 Å². The Morgan fingerprint density at radius 3 is 2.41 bits per heavy atom. The minimum absolute atomic E-state index is 0.0281. The van der Waals surface area contributed by atoms with Crippen LogP contribution in [0, 0.1) is 12.7 Å². The average Bonchev–Trinajstić information content (AvgIpc) is 3.09. The summed E-state index contributed by atoms with van der Waals surface area (Å²) in [4.78, 5) is 23.5. The second kappa shape index (κ2) is 8.68. The zero-order valence-corrected chi connectivity index (χ0v) is 16.5. The fraction of sp³-hybridized carbons (Fsp3) is 0.227. The van der Waals surface area contributed by atoms with E-state index in [1.165, 1.54) is 19.1 Å². The molecule has 29 heavy (non-hydrogen) atoms. The molecule has 6 nitrogen and oxygen atoms in total. The summed E-state index contributed by atoms with van der Waals surface area (Å²) < 4.78 is 20.3. The number of carbonyl (C=O) groups is 2. The zero-order valence-electron chi connectivity index (χ0n) is 16.5. The van der Waals surface area contributed by atoms with E-state index in [-0.39, 0.29) is 30.2 Å². The molecule has 7 heteroatoms. The van der Waals surface area contributed by atoms with Gasteiger partial charge in [0.15, 0.2) is 12.4 Å². The van der Waals surface area contributed by atoms with Crippen LogP contribution in [0.2, 0.25) is 0 Å². The number of ether oxygens (including phenoxy) is 1. The van der Waals surface area contributed by atoms with Gasteiger partial charge in [0.1, 0.15) is 11.6 Å². The number of carbonyl (C=O) groups excluding carboxylic acids is 2. The van der Waals surface area contributed by atoms with Gasteiger partial charge in [-0.05, 0) is 69.3 Å². The maximum atomic E-state index is 13.1. The molecule has 1 N–H and O–H groups in total. The Labute approximate surface area is 168 Å². The number of hydrogen-bond acceptors (Lipinski definition) is 4. The SMILES string of the molecule is CC(=O)c1ccc(OCC(=O)NC(C)c2cnn(-c3ccc(F)cc3)c2C)cc1. The van der Waals surface area contributed by atoms with Crippen LogP contribution in [-0.4, -0.2) is 28.1 Å². The molecule has 0 aliphatic rings. The number of hydrogen-bond donors (Lipinski definition) is 1. The normalized spacial score (nSPS) is 11.7. The van der Waals surface area contributed by atoms with Crippen LogP contribution in [0.5, 0.6) is 5.75 Å². The highest BCUT2D eigenvalue weighted by Crippen LogP contribution is 2.20. The van der Waals surface area contributed by atoms with Gasteiger partial charge in [0.2, 0.25) is 0 Å². The van der Waals surface area contributed by atoms with Crippen molar-refractivity contribution in [3.8, 4) is 11.4 Å². The highest BCUT2D eigenvalue weighted by Gasteiger charge is 2.16. The molecule has 150 valence electrons. The van der Waals surface area contributed by atoms with E-state index in [0.29, 0.717) is 11.3 Å². The molecule has 1 unspecified atom stereocenters. The van der Waals surface area contributed by atoms with E-state index in [0.717, 1.165) is 16.9 Å². The minimum atomic E-state index is -0.310. The number of halogens is 1. The highest BCUT2D eigenvalue weighted by atomic mass is 19.1. The van der Waals surface area contributed by atoms with E-state index in [4.69, 9.17) is 4.74 Å². The number of ketones is 1. The van der Waals surface area contributed by atoms with Gasteiger partial charge in [0.05, 0.1) is 17.9 Å². The van der Waals surface area contributed by atoms with Gasteiger partial charge < -0.3 is 10.1 Å². The average molecular weight is 395 g/mol. The second-order valence-corrected chi connectivity index (χ2v) is 6.73. The van der Waals surface area contributed by atoms with Gasteiger partial charge in [-0.25, -0.2) is 9.07 Å². The molecule has 0 aliphatic heterocycles. The maximum absolute atomic E-state index is 13.1. The Balaban J connectivity index is 1.59. The van der Waals surface area contributed by atoms with Crippen LogP contribution in [0.15, 0.2) is 54.7 Å². The number of amides is 1. The number of Topliss-reactive ketones (excluding diaryl/α,β-unsaturated/α-hetero) is 1. The monoisotopic (exact) mass is 395 g/mol. The lowest BCUT2D eigenvalue weighted by Gasteiger charge is -2.15. The van der Waals surface area contributed by atoms with Gasteiger partial charge >= 0.3 is 0 Å². The van der Waals surface area contributed by atoms with Crippen molar-refractivity contribution in [1.82, 2.24) is 15.1 Å². The van der Waals surface area contributed by atoms with Crippen molar-refractivity contribution < 1.29 is 18.7 Å². The first kappa shape index (κ1) is 20.3. The fourth-order valence-corrected chi connectivity index (χ4v) is 2.99. The van der Waals surface area contributed by atoms with E-state index < -0.39 is 0 Å². The molecular weight excluding hydrogens is 373 g/mol. The molecule has 3 aromatic rings. The topological polar surface area (TPSA) is 73.2 Å². The second-order valence-electron chi connectivity index (χ2n) is 6.73. The van der Waals surface area contributed by atoms with Crippen molar-refractivity contribution in [2.24, 2.45) is 0 Å². The van der Waals surface area contributed by atoms with Crippen LogP contribution in [0.3, 0.4) is 0 Å². The molecule has 1 atom stereocenters. The molecule has 0 aliphatic carbocycles. The molecule has 0 fully saturated rings. The summed E-state index contributed by atoms with van der Waals surface area (Å²) in [5.74, 6) is -0.102. The molecule has 0 saturated heterocycles. The minimum Gasteiger partial charge on any atom is -0.484 e. The van der Waals surface area contributed by atoms with Crippen LogP contribution in [0.25, 0.3) is 5.69 Å². The molecule has 0 radical (unpaired) electrons. The van der Waals surface area contributed by atoms with Gasteiger partial charge in [0, 0.05) is 16.8 Å².